The smallest absolute Gasteiger partial charge is 0.153 e. The Hall–Kier alpha value is -0.860. The van der Waals surface area contributed by atoms with Gasteiger partial charge in [-0.1, -0.05) is 23.7 Å². The van der Waals surface area contributed by atoms with Gasteiger partial charge in [-0.05, 0) is 45.4 Å². The molecular formula is C14H20ClNO. The van der Waals surface area contributed by atoms with E-state index in [2.05, 4.69) is 26.1 Å². The Labute approximate surface area is 108 Å². The molecule has 0 aliphatic carbocycles. The lowest BCUT2D eigenvalue weighted by Crippen LogP contribution is -2.46. The molecule has 0 saturated heterocycles. The standard InChI is InChI=1S/C14H20ClNO/c1-10(16-14(2,3)4)13(17)9-11-5-7-12(15)8-6-11/h5-8,10,16H,9H2,1-4H3. The highest BCUT2D eigenvalue weighted by Gasteiger charge is 2.19. The number of hydrogen-bond acceptors (Lipinski definition) is 2. The third-order valence-corrected chi connectivity index (χ3v) is 2.68. The van der Waals surface area contributed by atoms with Crippen molar-refractivity contribution in [2.24, 2.45) is 0 Å². The van der Waals surface area contributed by atoms with Crippen LogP contribution in [0.2, 0.25) is 5.02 Å². The van der Waals surface area contributed by atoms with Crippen molar-refractivity contribution in [2.45, 2.75) is 45.7 Å². The Morgan fingerprint density at radius 3 is 2.29 bits per heavy atom. The van der Waals surface area contributed by atoms with Gasteiger partial charge in [0.2, 0.25) is 0 Å². The van der Waals surface area contributed by atoms with Gasteiger partial charge in [0, 0.05) is 17.0 Å². The van der Waals surface area contributed by atoms with Gasteiger partial charge >= 0.3 is 0 Å². The lowest BCUT2D eigenvalue weighted by atomic mass is 10.0. The van der Waals surface area contributed by atoms with Crippen LogP contribution in [0.5, 0.6) is 0 Å². The van der Waals surface area contributed by atoms with Crippen LogP contribution in [-0.4, -0.2) is 17.4 Å². The first-order valence-electron chi connectivity index (χ1n) is 5.83. The van der Waals surface area contributed by atoms with Crippen LogP contribution in [0.4, 0.5) is 0 Å². The molecule has 1 rings (SSSR count). The summed E-state index contributed by atoms with van der Waals surface area (Å²) < 4.78 is 0. The van der Waals surface area contributed by atoms with Gasteiger partial charge in [-0.3, -0.25) is 4.79 Å². The highest BCUT2D eigenvalue weighted by Crippen LogP contribution is 2.11. The molecule has 0 aliphatic heterocycles. The summed E-state index contributed by atoms with van der Waals surface area (Å²) in [6.45, 7) is 8.07. The van der Waals surface area contributed by atoms with Crippen molar-refractivity contribution in [3.05, 3.63) is 34.9 Å². The van der Waals surface area contributed by atoms with Crippen molar-refractivity contribution in [1.29, 1.82) is 0 Å². The van der Waals surface area contributed by atoms with Gasteiger partial charge in [-0.15, -0.1) is 0 Å². The van der Waals surface area contributed by atoms with Gasteiger partial charge in [0.1, 0.15) is 0 Å². The Morgan fingerprint density at radius 2 is 1.82 bits per heavy atom. The fourth-order valence-corrected chi connectivity index (χ4v) is 1.81. The normalized spacial score (nSPS) is 13.5. The van der Waals surface area contributed by atoms with Gasteiger partial charge in [0.15, 0.2) is 5.78 Å². The van der Waals surface area contributed by atoms with E-state index >= 15 is 0 Å². The molecule has 0 aromatic heterocycles. The number of carbonyl (C=O) groups is 1. The van der Waals surface area contributed by atoms with E-state index in [1.807, 2.05) is 31.2 Å². The van der Waals surface area contributed by atoms with Crippen molar-refractivity contribution in [3.8, 4) is 0 Å². The summed E-state index contributed by atoms with van der Waals surface area (Å²) in [7, 11) is 0. The monoisotopic (exact) mass is 253 g/mol. The van der Waals surface area contributed by atoms with Crippen LogP contribution in [0.15, 0.2) is 24.3 Å². The van der Waals surface area contributed by atoms with Crippen LogP contribution in [0.1, 0.15) is 33.3 Å². The van der Waals surface area contributed by atoms with Gasteiger partial charge in [0.05, 0.1) is 6.04 Å². The summed E-state index contributed by atoms with van der Waals surface area (Å²) in [6.07, 6.45) is 0.446. The van der Waals surface area contributed by atoms with E-state index in [0.29, 0.717) is 11.4 Å². The maximum atomic E-state index is 12.0. The maximum absolute atomic E-state index is 12.0. The van der Waals surface area contributed by atoms with Gasteiger partial charge < -0.3 is 5.32 Å². The summed E-state index contributed by atoms with van der Waals surface area (Å²) in [5.41, 5.74) is 0.955. The molecule has 0 aliphatic rings. The molecule has 1 N–H and O–H groups in total. The summed E-state index contributed by atoms with van der Waals surface area (Å²) in [6, 6.07) is 7.28. The Balaban J connectivity index is 2.57. The lowest BCUT2D eigenvalue weighted by molar-refractivity contribution is -0.120. The van der Waals surface area contributed by atoms with E-state index in [-0.39, 0.29) is 17.4 Å². The van der Waals surface area contributed by atoms with E-state index in [1.165, 1.54) is 0 Å². The Morgan fingerprint density at radius 1 is 1.29 bits per heavy atom. The number of ketones is 1. The van der Waals surface area contributed by atoms with Crippen molar-refractivity contribution < 1.29 is 4.79 Å². The molecule has 0 amide bonds. The predicted molar refractivity (Wildman–Crippen MR) is 72.5 cm³/mol. The van der Waals surface area contributed by atoms with E-state index in [9.17, 15) is 4.79 Å². The van der Waals surface area contributed by atoms with Crippen LogP contribution in [0.3, 0.4) is 0 Å². The molecule has 0 bridgehead atoms. The molecule has 1 aromatic carbocycles. The zero-order valence-electron chi connectivity index (χ0n) is 10.9. The van der Waals surface area contributed by atoms with Crippen molar-refractivity contribution in [3.63, 3.8) is 0 Å². The van der Waals surface area contributed by atoms with Crippen molar-refractivity contribution >= 4 is 17.4 Å². The first-order chi connectivity index (χ1) is 7.78. The average Bonchev–Trinajstić information content (AvgIpc) is 2.19. The number of nitrogens with one attached hydrogen (secondary N) is 1. The van der Waals surface area contributed by atoms with Crippen LogP contribution in [0.25, 0.3) is 0 Å². The zero-order chi connectivity index (χ0) is 13.1. The number of hydrogen-bond donors (Lipinski definition) is 1. The second kappa shape index (κ2) is 5.65. The minimum atomic E-state index is -0.134. The van der Waals surface area contributed by atoms with Gasteiger partial charge in [-0.25, -0.2) is 0 Å². The third-order valence-electron chi connectivity index (χ3n) is 2.42. The zero-order valence-corrected chi connectivity index (χ0v) is 11.6. The van der Waals surface area contributed by atoms with Gasteiger partial charge in [-0.2, -0.15) is 0 Å². The number of carbonyl (C=O) groups excluding carboxylic acids is 1. The topological polar surface area (TPSA) is 29.1 Å². The molecule has 0 saturated carbocycles. The molecule has 0 spiro atoms. The van der Waals surface area contributed by atoms with E-state index in [1.54, 1.807) is 0 Å². The molecule has 2 nitrogen and oxygen atoms in total. The third kappa shape index (κ3) is 5.33. The fraction of sp³-hybridized carbons (Fsp3) is 0.500. The minimum Gasteiger partial charge on any atom is -0.303 e. The highest BCUT2D eigenvalue weighted by atomic mass is 35.5. The number of halogens is 1. The lowest BCUT2D eigenvalue weighted by Gasteiger charge is -2.25. The second-order valence-electron chi connectivity index (χ2n) is 5.39. The maximum Gasteiger partial charge on any atom is 0.153 e. The average molecular weight is 254 g/mol. The fourth-order valence-electron chi connectivity index (χ4n) is 1.69. The van der Waals surface area contributed by atoms with Crippen LogP contribution in [-0.2, 0) is 11.2 Å². The number of Topliss-reactive ketones (excluding diaryl/α,β-unsaturated/α-hetero) is 1. The quantitative estimate of drug-likeness (QED) is 0.893. The summed E-state index contributed by atoms with van der Waals surface area (Å²) in [4.78, 5) is 12.0. The molecule has 1 unspecified atom stereocenters. The predicted octanol–water partition coefficient (Wildman–Crippen LogP) is 3.23. The van der Waals surface area contributed by atoms with Crippen molar-refractivity contribution in [2.75, 3.05) is 0 Å². The highest BCUT2D eigenvalue weighted by molar-refractivity contribution is 6.30. The molecular weight excluding hydrogens is 234 g/mol. The molecule has 17 heavy (non-hydrogen) atoms. The van der Waals surface area contributed by atoms with Crippen LogP contribution >= 0.6 is 11.6 Å². The van der Waals surface area contributed by atoms with E-state index in [0.717, 1.165) is 5.56 Å². The van der Waals surface area contributed by atoms with Gasteiger partial charge in [0.25, 0.3) is 0 Å². The van der Waals surface area contributed by atoms with Crippen molar-refractivity contribution in [1.82, 2.24) is 5.32 Å². The summed E-state index contributed by atoms with van der Waals surface area (Å²) in [5.74, 6) is 0.197. The molecule has 0 fully saturated rings. The number of rotatable bonds is 4. The van der Waals surface area contributed by atoms with Crippen LogP contribution in [0, 0.1) is 0 Å². The van der Waals surface area contributed by atoms with Crippen LogP contribution < -0.4 is 5.32 Å². The molecule has 94 valence electrons. The molecule has 1 atom stereocenters. The van der Waals surface area contributed by atoms with E-state index < -0.39 is 0 Å². The summed E-state index contributed by atoms with van der Waals surface area (Å²) >= 11 is 5.80. The molecule has 1 aromatic rings. The largest absolute Gasteiger partial charge is 0.303 e. The molecule has 0 heterocycles. The first-order valence-corrected chi connectivity index (χ1v) is 6.20. The Kier molecular flexibility index (Phi) is 4.72. The second-order valence-corrected chi connectivity index (χ2v) is 5.82. The summed E-state index contributed by atoms with van der Waals surface area (Å²) in [5, 5.41) is 3.97. The first kappa shape index (κ1) is 14.2. The molecule has 0 radical (unpaired) electrons. The number of benzene rings is 1. The Bertz CT molecular complexity index is 378. The SMILES string of the molecule is CC(NC(C)(C)C)C(=O)Cc1ccc(Cl)cc1. The minimum absolute atomic E-state index is 0.0466. The van der Waals surface area contributed by atoms with E-state index in [4.69, 9.17) is 11.6 Å². The molecule has 3 heteroatoms.